The molecule has 0 fully saturated rings. The van der Waals surface area contributed by atoms with Crippen LogP contribution < -0.4 is 19.5 Å². The van der Waals surface area contributed by atoms with Crippen molar-refractivity contribution in [1.29, 1.82) is 0 Å². The number of hydrogen-bond donors (Lipinski definition) is 2. The second-order valence-corrected chi connectivity index (χ2v) is 6.70. The molecule has 0 bridgehead atoms. The lowest BCUT2D eigenvalue weighted by atomic mass is 10.2. The topological polar surface area (TPSA) is 116 Å². The summed E-state index contributed by atoms with van der Waals surface area (Å²) in [7, 11) is 1.58. The first-order valence-corrected chi connectivity index (χ1v) is 9.82. The highest BCUT2D eigenvalue weighted by Crippen LogP contribution is 2.25. The van der Waals surface area contributed by atoms with Gasteiger partial charge in [0.2, 0.25) is 5.95 Å². The second-order valence-electron chi connectivity index (χ2n) is 6.70. The molecule has 0 saturated heterocycles. The summed E-state index contributed by atoms with van der Waals surface area (Å²) in [4.78, 5) is 24.1. The van der Waals surface area contributed by atoms with Gasteiger partial charge in [-0.15, -0.1) is 4.98 Å². The average molecular weight is 432 g/mol. The smallest absolute Gasteiger partial charge is 0.335 e. The molecule has 1 aliphatic rings. The summed E-state index contributed by atoms with van der Waals surface area (Å²) in [5, 5.41) is 12.2. The van der Waals surface area contributed by atoms with Gasteiger partial charge in [-0.25, -0.2) is 4.79 Å². The Kier molecular flexibility index (Phi) is 6.26. The molecule has 1 aromatic heterocycles. The van der Waals surface area contributed by atoms with Crippen LogP contribution in [0.3, 0.4) is 0 Å². The van der Waals surface area contributed by atoms with Gasteiger partial charge in [0.05, 0.1) is 12.7 Å². The zero-order valence-corrected chi connectivity index (χ0v) is 17.2. The minimum absolute atomic E-state index is 0.0115. The minimum atomic E-state index is -1.03. The zero-order chi connectivity index (χ0) is 22.3. The number of benzene rings is 2. The summed E-state index contributed by atoms with van der Waals surface area (Å²) in [6, 6.07) is 13.3. The predicted molar refractivity (Wildman–Crippen MR) is 117 cm³/mol. The molecule has 162 valence electrons. The van der Waals surface area contributed by atoms with Crippen LogP contribution in [0.15, 0.2) is 72.5 Å². The van der Waals surface area contributed by atoms with Crippen LogP contribution in [0, 0.1) is 0 Å². The molecule has 0 radical (unpaired) electrons. The summed E-state index contributed by atoms with van der Waals surface area (Å²) in [6.07, 6.45) is 7.60. The molecule has 3 aromatic rings. The molecule has 0 amide bonds. The van der Waals surface area contributed by atoms with Crippen LogP contribution in [0.2, 0.25) is 0 Å². The molecule has 0 aliphatic heterocycles. The Balaban J connectivity index is 1.63. The number of aromatic carboxylic acids is 1. The lowest BCUT2D eigenvalue weighted by molar-refractivity contribution is 0.0697. The quantitative estimate of drug-likeness (QED) is 0.521. The van der Waals surface area contributed by atoms with Crippen LogP contribution in [-0.4, -0.2) is 33.1 Å². The van der Waals surface area contributed by atoms with E-state index in [2.05, 4.69) is 20.3 Å². The monoisotopic (exact) mass is 432 g/mol. The summed E-state index contributed by atoms with van der Waals surface area (Å²) in [5.74, 6) is 0.915. The van der Waals surface area contributed by atoms with Crippen molar-refractivity contribution in [3.05, 3.63) is 78.1 Å². The Morgan fingerprint density at radius 3 is 2.41 bits per heavy atom. The highest BCUT2D eigenvalue weighted by molar-refractivity contribution is 5.89. The summed E-state index contributed by atoms with van der Waals surface area (Å²) >= 11 is 0. The maximum Gasteiger partial charge on any atom is 0.335 e. The number of hydrogen-bond acceptors (Lipinski definition) is 8. The molecule has 32 heavy (non-hydrogen) atoms. The summed E-state index contributed by atoms with van der Waals surface area (Å²) in [5.41, 5.74) is 0.627. The molecule has 9 nitrogen and oxygen atoms in total. The van der Waals surface area contributed by atoms with E-state index in [1.165, 1.54) is 12.1 Å². The van der Waals surface area contributed by atoms with Crippen LogP contribution in [0.25, 0.3) is 0 Å². The van der Waals surface area contributed by atoms with E-state index < -0.39 is 5.97 Å². The van der Waals surface area contributed by atoms with Crippen LogP contribution in [0.1, 0.15) is 23.2 Å². The van der Waals surface area contributed by atoms with Crippen LogP contribution in [0.4, 0.5) is 11.6 Å². The summed E-state index contributed by atoms with van der Waals surface area (Å²) < 4.78 is 16.7. The number of anilines is 2. The molecule has 9 heteroatoms. The lowest BCUT2D eigenvalue weighted by Crippen LogP contribution is -2.06. The maximum absolute atomic E-state index is 11.3. The minimum Gasteiger partial charge on any atom is -0.497 e. The van der Waals surface area contributed by atoms with Gasteiger partial charge in [-0.05, 0) is 67.5 Å². The van der Waals surface area contributed by atoms with Gasteiger partial charge in [0.15, 0.2) is 0 Å². The Bertz CT molecular complexity index is 1180. The Hall–Kier alpha value is -4.40. The van der Waals surface area contributed by atoms with Gasteiger partial charge >= 0.3 is 18.0 Å². The van der Waals surface area contributed by atoms with Crippen molar-refractivity contribution in [1.82, 2.24) is 15.0 Å². The molecule has 0 atom stereocenters. The van der Waals surface area contributed by atoms with Crippen LogP contribution in [0.5, 0.6) is 23.5 Å². The van der Waals surface area contributed by atoms with Crippen molar-refractivity contribution in [2.24, 2.45) is 0 Å². The molecule has 2 aromatic carbocycles. The van der Waals surface area contributed by atoms with E-state index in [0.29, 0.717) is 22.9 Å². The van der Waals surface area contributed by atoms with E-state index in [1.807, 2.05) is 18.2 Å². The number of carboxylic acids is 1. The van der Waals surface area contributed by atoms with Gasteiger partial charge in [0, 0.05) is 5.69 Å². The van der Waals surface area contributed by atoms with Gasteiger partial charge in [0.25, 0.3) is 0 Å². The number of nitrogens with one attached hydrogen (secondary N) is 1. The molecule has 1 aliphatic carbocycles. The number of aromatic nitrogens is 3. The van der Waals surface area contributed by atoms with E-state index in [4.69, 9.17) is 14.2 Å². The third kappa shape index (κ3) is 5.39. The van der Waals surface area contributed by atoms with Crippen molar-refractivity contribution in [3.63, 3.8) is 0 Å². The zero-order valence-electron chi connectivity index (χ0n) is 17.2. The van der Waals surface area contributed by atoms with Crippen LogP contribution >= 0.6 is 0 Å². The fourth-order valence-corrected chi connectivity index (χ4v) is 2.86. The first-order valence-electron chi connectivity index (χ1n) is 9.82. The standard InChI is InChI=1S/C23H20N4O5/c1-30-17-10-12-19(13-11-17)32-23-26-21(24-16-7-5-6-15(14-16)20(28)29)25-22(27-23)31-18-8-3-2-4-9-18/h3,5-14H,2,4H2,1H3,(H,28,29)(H,24,25,26,27). The Morgan fingerprint density at radius 1 is 0.969 bits per heavy atom. The third-order valence-electron chi connectivity index (χ3n) is 4.40. The molecule has 2 N–H and O–H groups in total. The molecule has 0 unspecified atom stereocenters. The number of carbonyl (C=O) groups is 1. The number of ether oxygens (including phenoxy) is 3. The second kappa shape index (κ2) is 9.61. The van der Waals surface area contributed by atoms with Crippen molar-refractivity contribution < 1.29 is 24.1 Å². The van der Waals surface area contributed by atoms with E-state index in [0.717, 1.165) is 12.8 Å². The van der Waals surface area contributed by atoms with Gasteiger partial charge in [-0.2, -0.15) is 9.97 Å². The van der Waals surface area contributed by atoms with Gasteiger partial charge in [0.1, 0.15) is 17.3 Å². The molecule has 0 spiro atoms. The first kappa shape index (κ1) is 20.9. The van der Waals surface area contributed by atoms with Gasteiger partial charge in [-0.3, -0.25) is 0 Å². The predicted octanol–water partition coefficient (Wildman–Crippen LogP) is 4.73. The number of rotatable bonds is 8. The van der Waals surface area contributed by atoms with E-state index in [1.54, 1.807) is 43.5 Å². The van der Waals surface area contributed by atoms with Crippen molar-refractivity contribution in [2.75, 3.05) is 12.4 Å². The molecular formula is C23H20N4O5. The van der Waals surface area contributed by atoms with Crippen molar-refractivity contribution in [2.45, 2.75) is 12.8 Å². The van der Waals surface area contributed by atoms with Gasteiger partial charge in [-0.1, -0.05) is 12.1 Å². The SMILES string of the molecule is COc1ccc(Oc2nc(Nc3cccc(C(=O)O)c3)nc(OC3=CCCC=C3)n2)cc1. The number of carboxylic acid groups (broad SMARTS) is 1. The van der Waals surface area contributed by atoms with E-state index in [-0.39, 0.29) is 23.5 Å². The normalized spacial score (nSPS) is 12.6. The Labute approximate surface area is 184 Å². The maximum atomic E-state index is 11.3. The number of nitrogens with zero attached hydrogens (tertiary/aromatic N) is 3. The molecule has 4 rings (SSSR count). The highest BCUT2D eigenvalue weighted by atomic mass is 16.5. The van der Waals surface area contributed by atoms with Crippen LogP contribution in [-0.2, 0) is 0 Å². The van der Waals surface area contributed by atoms with E-state index in [9.17, 15) is 9.90 Å². The fourth-order valence-electron chi connectivity index (χ4n) is 2.86. The van der Waals surface area contributed by atoms with Crippen molar-refractivity contribution in [3.8, 4) is 23.5 Å². The summed E-state index contributed by atoms with van der Waals surface area (Å²) in [6.45, 7) is 0. The van der Waals surface area contributed by atoms with Gasteiger partial charge < -0.3 is 24.6 Å². The third-order valence-corrected chi connectivity index (χ3v) is 4.40. The first-order chi connectivity index (χ1) is 15.6. The molecular weight excluding hydrogens is 412 g/mol. The van der Waals surface area contributed by atoms with Crippen molar-refractivity contribution >= 4 is 17.6 Å². The van der Waals surface area contributed by atoms with E-state index >= 15 is 0 Å². The fraction of sp³-hybridized carbons (Fsp3) is 0.130. The number of allylic oxidation sites excluding steroid dienone is 3. The highest BCUT2D eigenvalue weighted by Gasteiger charge is 2.13. The largest absolute Gasteiger partial charge is 0.497 e. The number of methoxy groups -OCH3 is 1. The Morgan fingerprint density at radius 2 is 1.72 bits per heavy atom. The average Bonchev–Trinajstić information content (AvgIpc) is 2.80. The lowest BCUT2D eigenvalue weighted by Gasteiger charge is -2.12. The molecule has 1 heterocycles. The molecule has 0 saturated carbocycles.